The summed E-state index contributed by atoms with van der Waals surface area (Å²) in [6.07, 6.45) is 0. The molecule has 0 amide bonds. The van der Waals surface area contributed by atoms with E-state index in [1.54, 1.807) is 0 Å². The van der Waals surface area contributed by atoms with Crippen molar-refractivity contribution in [2.75, 3.05) is 5.73 Å². The summed E-state index contributed by atoms with van der Waals surface area (Å²) in [6, 6.07) is 6.85. The Hall–Kier alpha value is -0.790. The number of nitrogens with two attached hydrogens (primary N) is 1. The van der Waals surface area contributed by atoms with Gasteiger partial charge in [-0.05, 0) is 23.6 Å². The summed E-state index contributed by atoms with van der Waals surface area (Å²) >= 11 is 0. The Balaban J connectivity index is 0.00000144. The van der Waals surface area contributed by atoms with Crippen LogP contribution in [0.5, 0.6) is 5.75 Å². The second kappa shape index (κ2) is 4.83. The molecular weight excluding hydrogens is 253 g/mol. The molecule has 0 aliphatic rings. The first-order chi connectivity index (χ1) is 7.39. The zero-order chi connectivity index (χ0) is 11.9. The predicted octanol–water partition coefficient (Wildman–Crippen LogP) is -1.51. The molecule has 7 heteroatoms. The van der Waals surface area contributed by atoms with Gasteiger partial charge in [0.25, 0.3) is 10.1 Å². The number of fused-ring (bicyclic) bond motifs is 1. The predicted molar refractivity (Wildman–Crippen MR) is 61.0 cm³/mol. The third-order valence-corrected chi connectivity index (χ3v) is 3.16. The van der Waals surface area contributed by atoms with Crippen LogP contribution in [0.15, 0.2) is 35.2 Å². The fraction of sp³-hybridized carbons (Fsp3) is 0. The van der Waals surface area contributed by atoms with Crippen LogP contribution in [0.2, 0.25) is 0 Å². The molecule has 5 nitrogen and oxygen atoms in total. The Kier molecular flexibility index (Phi) is 4.06. The zero-order valence-electron chi connectivity index (χ0n) is 10.1. The maximum absolute atomic E-state index is 10.9. The normalized spacial score (nSPS) is 11.1. The van der Waals surface area contributed by atoms with Gasteiger partial charge >= 0.3 is 29.6 Å². The van der Waals surface area contributed by atoms with E-state index in [1.165, 1.54) is 30.3 Å². The van der Waals surface area contributed by atoms with Crippen LogP contribution in [0.4, 0.5) is 5.69 Å². The molecule has 0 atom stereocenters. The Morgan fingerprint density at radius 3 is 2.41 bits per heavy atom. The average Bonchev–Trinajstić information content (AvgIpc) is 2.22. The molecular formula is C10H10NNaO4S. The third kappa shape index (κ3) is 2.72. The van der Waals surface area contributed by atoms with E-state index in [-0.39, 0.29) is 47.3 Å². The first-order valence-electron chi connectivity index (χ1n) is 4.38. The van der Waals surface area contributed by atoms with Crippen molar-refractivity contribution in [3.8, 4) is 5.75 Å². The summed E-state index contributed by atoms with van der Waals surface area (Å²) in [5.74, 6) is -0.0629. The maximum atomic E-state index is 10.9. The molecule has 0 aliphatic carbocycles. The summed E-state index contributed by atoms with van der Waals surface area (Å²) in [6.45, 7) is 0. The molecule has 86 valence electrons. The van der Waals surface area contributed by atoms with Gasteiger partial charge in [0.15, 0.2) is 0 Å². The summed E-state index contributed by atoms with van der Waals surface area (Å²) in [7, 11) is -4.22. The third-order valence-electron chi connectivity index (χ3n) is 2.31. The number of phenolic OH excluding ortho intramolecular Hbond substituents is 1. The Morgan fingerprint density at radius 2 is 1.82 bits per heavy atom. The summed E-state index contributed by atoms with van der Waals surface area (Å²) in [5, 5.41) is 10.4. The second-order valence-electron chi connectivity index (χ2n) is 3.36. The van der Waals surface area contributed by atoms with Gasteiger partial charge in [0.2, 0.25) is 0 Å². The first kappa shape index (κ1) is 14.3. The van der Waals surface area contributed by atoms with Crippen LogP contribution >= 0.6 is 0 Å². The monoisotopic (exact) mass is 263 g/mol. The van der Waals surface area contributed by atoms with Crippen molar-refractivity contribution in [1.82, 2.24) is 0 Å². The van der Waals surface area contributed by atoms with E-state index in [0.717, 1.165) is 0 Å². The van der Waals surface area contributed by atoms with Gasteiger partial charge in [0.1, 0.15) is 5.75 Å². The molecule has 2 rings (SSSR count). The smallest absolute Gasteiger partial charge is 1.00 e. The fourth-order valence-electron chi connectivity index (χ4n) is 1.48. The van der Waals surface area contributed by atoms with Crippen molar-refractivity contribution in [3.63, 3.8) is 0 Å². The van der Waals surface area contributed by atoms with Crippen LogP contribution < -0.4 is 35.3 Å². The second-order valence-corrected chi connectivity index (χ2v) is 4.78. The van der Waals surface area contributed by atoms with Crippen molar-refractivity contribution < 1.29 is 49.1 Å². The fourth-order valence-corrected chi connectivity index (χ4v) is 2.00. The SMILES string of the molecule is Nc1c(O)ccc2cc(S(=O)(=O)O)ccc12.[H-].[Na+]. The largest absolute Gasteiger partial charge is 1.00 e. The molecule has 0 saturated carbocycles. The van der Waals surface area contributed by atoms with Gasteiger partial charge in [-0.3, -0.25) is 4.55 Å². The molecule has 0 unspecified atom stereocenters. The molecule has 2 aromatic carbocycles. The van der Waals surface area contributed by atoms with Crippen molar-refractivity contribution in [2.45, 2.75) is 4.90 Å². The van der Waals surface area contributed by atoms with Crippen LogP contribution in [0.1, 0.15) is 1.43 Å². The van der Waals surface area contributed by atoms with E-state index in [1.807, 2.05) is 0 Å². The quantitative estimate of drug-likeness (QED) is 0.251. The van der Waals surface area contributed by atoms with Gasteiger partial charge in [-0.15, -0.1) is 0 Å². The molecule has 0 radical (unpaired) electrons. The number of phenols is 1. The zero-order valence-corrected chi connectivity index (χ0v) is 11.9. The first-order valence-corrected chi connectivity index (χ1v) is 5.82. The van der Waals surface area contributed by atoms with E-state index < -0.39 is 10.1 Å². The molecule has 0 saturated heterocycles. The number of nitrogen functional groups attached to an aromatic ring is 1. The molecule has 2 aromatic rings. The number of aromatic hydroxyl groups is 1. The molecule has 0 aliphatic heterocycles. The minimum Gasteiger partial charge on any atom is -1.00 e. The number of hydrogen-bond acceptors (Lipinski definition) is 4. The number of hydrogen-bond donors (Lipinski definition) is 3. The molecule has 0 heterocycles. The standard InChI is InChI=1S/C10H9NO4S.Na.H/c11-10-8-3-2-7(16(13,14)15)5-6(8)1-4-9(10)12;;/h1-5,12H,11H2,(H,13,14,15);;/q;+1;-1. The molecule has 4 N–H and O–H groups in total. The van der Waals surface area contributed by atoms with Gasteiger partial charge in [0, 0.05) is 5.39 Å². The topological polar surface area (TPSA) is 101 Å². The van der Waals surface area contributed by atoms with E-state index >= 15 is 0 Å². The van der Waals surface area contributed by atoms with Crippen LogP contribution in [0, 0.1) is 0 Å². The Labute approximate surface area is 122 Å². The Bertz CT molecular complexity index is 675. The van der Waals surface area contributed by atoms with Crippen LogP contribution in [0.3, 0.4) is 0 Å². The van der Waals surface area contributed by atoms with E-state index in [4.69, 9.17) is 10.3 Å². The minimum atomic E-state index is -4.22. The van der Waals surface area contributed by atoms with Crippen LogP contribution in [-0.2, 0) is 10.1 Å². The van der Waals surface area contributed by atoms with Gasteiger partial charge in [0.05, 0.1) is 10.6 Å². The van der Waals surface area contributed by atoms with Crippen molar-refractivity contribution in [3.05, 3.63) is 30.3 Å². The van der Waals surface area contributed by atoms with Gasteiger partial charge in [-0.25, -0.2) is 0 Å². The summed E-state index contributed by atoms with van der Waals surface area (Å²) in [4.78, 5) is -0.204. The molecule has 0 bridgehead atoms. The van der Waals surface area contributed by atoms with Crippen LogP contribution in [-0.4, -0.2) is 18.1 Å². The minimum absolute atomic E-state index is 0. The number of rotatable bonds is 1. The van der Waals surface area contributed by atoms with Gasteiger partial charge in [-0.1, -0.05) is 12.1 Å². The molecule has 0 fully saturated rings. The number of benzene rings is 2. The Morgan fingerprint density at radius 1 is 1.18 bits per heavy atom. The average molecular weight is 263 g/mol. The van der Waals surface area contributed by atoms with Crippen molar-refractivity contribution >= 4 is 26.6 Å². The van der Waals surface area contributed by atoms with Gasteiger partial charge in [-0.2, -0.15) is 8.42 Å². The van der Waals surface area contributed by atoms with Gasteiger partial charge < -0.3 is 12.3 Å². The van der Waals surface area contributed by atoms with E-state index in [9.17, 15) is 13.5 Å². The molecule has 0 spiro atoms. The van der Waals surface area contributed by atoms with E-state index in [0.29, 0.717) is 10.8 Å². The number of anilines is 1. The molecule has 17 heavy (non-hydrogen) atoms. The van der Waals surface area contributed by atoms with Crippen LogP contribution in [0.25, 0.3) is 10.8 Å². The summed E-state index contributed by atoms with van der Waals surface area (Å²) < 4.78 is 30.7. The van der Waals surface area contributed by atoms with E-state index in [2.05, 4.69) is 0 Å². The molecule has 0 aromatic heterocycles. The summed E-state index contributed by atoms with van der Waals surface area (Å²) in [5.41, 5.74) is 5.80. The van der Waals surface area contributed by atoms with Crippen molar-refractivity contribution in [2.24, 2.45) is 0 Å². The maximum Gasteiger partial charge on any atom is 1.00 e. The van der Waals surface area contributed by atoms with Crippen molar-refractivity contribution in [1.29, 1.82) is 0 Å².